The van der Waals surface area contributed by atoms with Gasteiger partial charge in [-0.2, -0.15) is 5.10 Å². The van der Waals surface area contributed by atoms with Crippen molar-refractivity contribution in [1.29, 1.82) is 0 Å². The number of hydrogen-bond donors (Lipinski definition) is 1. The smallest absolute Gasteiger partial charge is 0.250 e. The van der Waals surface area contributed by atoms with Gasteiger partial charge in [-0.05, 0) is 18.4 Å². The molecule has 0 spiro atoms. The average molecular weight is 299 g/mol. The van der Waals surface area contributed by atoms with Crippen molar-refractivity contribution < 1.29 is 0 Å². The number of H-pyrrole nitrogens is 1. The van der Waals surface area contributed by atoms with Crippen molar-refractivity contribution in [2.24, 2.45) is 5.92 Å². The van der Waals surface area contributed by atoms with Crippen molar-refractivity contribution >= 4 is 0 Å². The van der Waals surface area contributed by atoms with Crippen LogP contribution in [0.4, 0.5) is 0 Å². The van der Waals surface area contributed by atoms with Gasteiger partial charge in [-0.3, -0.25) is 14.8 Å². The Morgan fingerprint density at radius 1 is 1.32 bits per heavy atom. The minimum Gasteiger partial charge on any atom is -0.312 e. The molecule has 2 aliphatic rings. The van der Waals surface area contributed by atoms with Crippen LogP contribution in [0, 0.1) is 5.92 Å². The van der Waals surface area contributed by atoms with Gasteiger partial charge < -0.3 is 4.57 Å². The lowest BCUT2D eigenvalue weighted by Crippen LogP contribution is -2.46. The topological polar surface area (TPSA) is 66.8 Å². The highest BCUT2D eigenvalue weighted by Crippen LogP contribution is 2.35. The predicted molar refractivity (Wildman–Crippen MR) is 82.6 cm³/mol. The Balaban J connectivity index is 1.54. The molecule has 2 aromatic heterocycles. The van der Waals surface area contributed by atoms with Gasteiger partial charge in [-0.1, -0.05) is 13.0 Å². The van der Waals surface area contributed by atoms with Crippen LogP contribution in [0.5, 0.6) is 0 Å². The van der Waals surface area contributed by atoms with E-state index in [0.717, 1.165) is 44.2 Å². The van der Waals surface area contributed by atoms with Gasteiger partial charge in [0.1, 0.15) is 11.6 Å². The van der Waals surface area contributed by atoms with Crippen LogP contribution in [0.3, 0.4) is 0 Å². The summed E-state index contributed by atoms with van der Waals surface area (Å²) < 4.78 is 1.97. The summed E-state index contributed by atoms with van der Waals surface area (Å²) in [5, 5.41) is 7.25. The van der Waals surface area contributed by atoms with Gasteiger partial charge in [0, 0.05) is 43.7 Å². The Kier molecular flexibility index (Phi) is 3.33. The summed E-state index contributed by atoms with van der Waals surface area (Å²) >= 11 is 0. The molecule has 1 saturated heterocycles. The summed E-state index contributed by atoms with van der Waals surface area (Å²) in [6.45, 7) is 5.74. The maximum atomic E-state index is 12.0. The predicted octanol–water partition coefficient (Wildman–Crippen LogP) is 1.15. The molecule has 0 saturated carbocycles. The Bertz CT molecular complexity index is 734. The molecule has 116 valence electrons. The average Bonchev–Trinajstić information content (AvgIpc) is 2.96. The molecule has 1 N–H and O–H groups in total. The van der Waals surface area contributed by atoms with Crippen molar-refractivity contribution in [3.63, 3.8) is 0 Å². The van der Waals surface area contributed by atoms with Crippen LogP contribution in [0.2, 0.25) is 0 Å². The van der Waals surface area contributed by atoms with Crippen LogP contribution in [-0.2, 0) is 19.5 Å². The Hall–Kier alpha value is -1.95. The van der Waals surface area contributed by atoms with E-state index in [-0.39, 0.29) is 5.56 Å². The molecule has 2 unspecified atom stereocenters. The number of hydrogen-bond acceptors (Lipinski definition) is 4. The van der Waals surface area contributed by atoms with Crippen LogP contribution in [0.1, 0.15) is 36.6 Å². The number of pyridine rings is 1. The molecule has 6 heteroatoms. The molecule has 22 heavy (non-hydrogen) atoms. The minimum atomic E-state index is 0.142. The highest BCUT2D eigenvalue weighted by molar-refractivity contribution is 5.17. The molecule has 4 rings (SSSR count). The third-order valence-corrected chi connectivity index (χ3v) is 4.82. The van der Waals surface area contributed by atoms with Crippen LogP contribution < -0.4 is 5.56 Å². The maximum Gasteiger partial charge on any atom is 0.250 e. The number of likely N-dealkylation sites (tertiary alicyclic amines) is 1. The molecule has 0 radical (unpaired) electrons. The van der Waals surface area contributed by atoms with E-state index >= 15 is 0 Å². The number of piperidine rings is 1. The number of aromatic nitrogens is 4. The fourth-order valence-corrected chi connectivity index (χ4v) is 3.90. The number of aromatic amines is 1. The largest absolute Gasteiger partial charge is 0.312 e. The standard InChI is InChI=1S/C16H21N5O/c1-2-14-17-15(19-18-14)10-20-7-11-6-12(9-20)13-4-3-5-16(22)21(13)8-11/h3-5,11-12H,2,6-10H2,1H3,(H,17,18,19). The number of nitrogens with zero attached hydrogens (tertiary/aromatic N) is 4. The molecular weight excluding hydrogens is 278 g/mol. The van der Waals surface area contributed by atoms with Gasteiger partial charge in [-0.25, -0.2) is 4.98 Å². The summed E-state index contributed by atoms with van der Waals surface area (Å²) in [6.07, 6.45) is 2.05. The van der Waals surface area contributed by atoms with E-state index in [2.05, 4.69) is 33.1 Å². The van der Waals surface area contributed by atoms with Crippen molar-refractivity contribution in [3.8, 4) is 0 Å². The monoisotopic (exact) mass is 299 g/mol. The van der Waals surface area contributed by atoms with Crippen molar-refractivity contribution in [2.75, 3.05) is 13.1 Å². The number of nitrogens with one attached hydrogen (secondary N) is 1. The van der Waals surface area contributed by atoms with Crippen LogP contribution in [-0.4, -0.2) is 37.7 Å². The summed E-state index contributed by atoms with van der Waals surface area (Å²) in [5.74, 6) is 2.83. The lowest BCUT2D eigenvalue weighted by Gasteiger charge is -2.42. The summed E-state index contributed by atoms with van der Waals surface area (Å²) in [6, 6.07) is 5.66. The zero-order valence-corrected chi connectivity index (χ0v) is 12.8. The Morgan fingerprint density at radius 3 is 3.05 bits per heavy atom. The molecule has 6 nitrogen and oxygen atoms in total. The first-order valence-corrected chi connectivity index (χ1v) is 8.05. The summed E-state index contributed by atoms with van der Waals surface area (Å²) in [5.41, 5.74) is 1.34. The van der Waals surface area contributed by atoms with E-state index in [4.69, 9.17) is 0 Å². The second-order valence-corrected chi connectivity index (χ2v) is 6.44. The first kappa shape index (κ1) is 13.7. The lowest BCUT2D eigenvalue weighted by molar-refractivity contribution is 0.112. The van der Waals surface area contributed by atoms with Crippen LogP contribution in [0.15, 0.2) is 23.0 Å². The van der Waals surface area contributed by atoms with Crippen LogP contribution in [0.25, 0.3) is 0 Å². The van der Waals surface area contributed by atoms with E-state index in [1.807, 2.05) is 10.6 Å². The van der Waals surface area contributed by atoms with Crippen LogP contribution >= 0.6 is 0 Å². The highest BCUT2D eigenvalue weighted by atomic mass is 16.1. The van der Waals surface area contributed by atoms with Gasteiger partial charge in [0.05, 0.1) is 6.54 Å². The third kappa shape index (κ3) is 2.37. The molecular formula is C16H21N5O. The van der Waals surface area contributed by atoms with E-state index in [1.165, 1.54) is 12.1 Å². The normalized spacial score (nSPS) is 24.2. The summed E-state index contributed by atoms with van der Waals surface area (Å²) in [4.78, 5) is 19.0. The molecule has 0 aromatic carbocycles. The maximum absolute atomic E-state index is 12.0. The number of fused-ring (bicyclic) bond motifs is 4. The van der Waals surface area contributed by atoms with Gasteiger partial charge in [0.25, 0.3) is 5.56 Å². The molecule has 0 amide bonds. The third-order valence-electron chi connectivity index (χ3n) is 4.82. The van der Waals surface area contributed by atoms with Gasteiger partial charge in [0.2, 0.25) is 0 Å². The van der Waals surface area contributed by atoms with E-state index in [9.17, 15) is 4.79 Å². The van der Waals surface area contributed by atoms with Crippen molar-refractivity contribution in [2.45, 2.75) is 38.8 Å². The fraction of sp³-hybridized carbons (Fsp3) is 0.562. The first-order valence-electron chi connectivity index (χ1n) is 8.05. The first-order chi connectivity index (χ1) is 10.7. The van der Waals surface area contributed by atoms with Gasteiger partial charge in [-0.15, -0.1) is 0 Å². The molecule has 2 aliphatic heterocycles. The Morgan fingerprint density at radius 2 is 2.23 bits per heavy atom. The van der Waals surface area contributed by atoms with E-state index in [1.54, 1.807) is 6.07 Å². The van der Waals surface area contributed by atoms with Gasteiger partial charge >= 0.3 is 0 Å². The van der Waals surface area contributed by atoms with Crippen molar-refractivity contribution in [1.82, 2.24) is 24.6 Å². The van der Waals surface area contributed by atoms with E-state index < -0.39 is 0 Å². The molecule has 2 bridgehead atoms. The second-order valence-electron chi connectivity index (χ2n) is 6.44. The molecule has 2 atom stereocenters. The molecule has 2 aromatic rings. The number of aryl methyl sites for hydroxylation is 1. The zero-order valence-electron chi connectivity index (χ0n) is 12.8. The molecule has 1 fully saturated rings. The molecule has 4 heterocycles. The molecule has 0 aliphatic carbocycles. The lowest BCUT2D eigenvalue weighted by atomic mass is 9.83. The summed E-state index contributed by atoms with van der Waals surface area (Å²) in [7, 11) is 0. The Labute approximate surface area is 129 Å². The number of rotatable bonds is 3. The second kappa shape index (κ2) is 5.35. The SMILES string of the molecule is CCc1n[nH]c(CN2CC3CC(C2)c2cccc(=O)n2C3)n1. The quantitative estimate of drug-likeness (QED) is 0.923. The van der Waals surface area contributed by atoms with Crippen molar-refractivity contribution in [3.05, 3.63) is 45.9 Å². The fourth-order valence-electron chi connectivity index (χ4n) is 3.90. The zero-order chi connectivity index (χ0) is 15.1. The highest BCUT2D eigenvalue weighted by Gasteiger charge is 2.34. The van der Waals surface area contributed by atoms with E-state index in [0.29, 0.717) is 11.8 Å². The minimum absolute atomic E-state index is 0.142. The van der Waals surface area contributed by atoms with Gasteiger partial charge in [0.15, 0.2) is 0 Å².